The molecular weight excluding hydrogens is 363 g/mol. The van der Waals surface area contributed by atoms with Crippen LogP contribution >= 0.6 is 0 Å². The topological polar surface area (TPSA) is 26.3 Å². The molecule has 0 amide bonds. The molecule has 2 fully saturated rings. The van der Waals surface area contributed by atoms with E-state index in [0.29, 0.717) is 17.3 Å². The molecular formula is C21H26O2Se. The summed E-state index contributed by atoms with van der Waals surface area (Å²) in [4.78, 5) is 12.8. The SMILES string of the molecule is CC1=CCC[C@]2(C)C[C@@H]3OC(=O)[C@@](C)([Se]c4ccccc4)[C@H]3C[C@@H]12. The van der Waals surface area contributed by atoms with E-state index in [1.807, 2.05) is 6.07 Å². The monoisotopic (exact) mass is 390 g/mol. The van der Waals surface area contributed by atoms with Gasteiger partial charge in [-0.05, 0) is 0 Å². The van der Waals surface area contributed by atoms with Crippen molar-refractivity contribution in [1.29, 1.82) is 0 Å². The van der Waals surface area contributed by atoms with E-state index >= 15 is 0 Å². The van der Waals surface area contributed by atoms with Gasteiger partial charge in [0.25, 0.3) is 0 Å². The zero-order chi connectivity index (χ0) is 16.9. The maximum atomic E-state index is 12.8. The van der Waals surface area contributed by atoms with Crippen LogP contribution in [0.1, 0.15) is 46.5 Å². The third-order valence-electron chi connectivity index (χ3n) is 6.62. The molecule has 1 saturated heterocycles. The summed E-state index contributed by atoms with van der Waals surface area (Å²) in [6.07, 6.45) is 7.11. The molecule has 4 rings (SSSR count). The van der Waals surface area contributed by atoms with Crippen LogP contribution in [0.25, 0.3) is 0 Å². The van der Waals surface area contributed by atoms with Gasteiger partial charge in [0.15, 0.2) is 0 Å². The molecule has 24 heavy (non-hydrogen) atoms. The van der Waals surface area contributed by atoms with Gasteiger partial charge in [-0.3, -0.25) is 0 Å². The van der Waals surface area contributed by atoms with Crippen LogP contribution in [0, 0.1) is 17.3 Å². The van der Waals surface area contributed by atoms with E-state index < -0.39 is 0 Å². The number of ether oxygens (including phenoxy) is 1. The van der Waals surface area contributed by atoms with Gasteiger partial charge >= 0.3 is 151 Å². The second-order valence-corrected chi connectivity index (χ2v) is 11.4. The van der Waals surface area contributed by atoms with Gasteiger partial charge in [-0.1, -0.05) is 0 Å². The Labute approximate surface area is 151 Å². The first-order valence-electron chi connectivity index (χ1n) is 9.04. The van der Waals surface area contributed by atoms with Gasteiger partial charge in [0.1, 0.15) is 0 Å². The van der Waals surface area contributed by atoms with Gasteiger partial charge < -0.3 is 0 Å². The van der Waals surface area contributed by atoms with Gasteiger partial charge in [0.2, 0.25) is 0 Å². The predicted molar refractivity (Wildman–Crippen MR) is 97.4 cm³/mol. The molecule has 1 saturated carbocycles. The van der Waals surface area contributed by atoms with E-state index in [1.54, 1.807) is 0 Å². The van der Waals surface area contributed by atoms with Crippen molar-refractivity contribution in [2.45, 2.75) is 56.9 Å². The Kier molecular flexibility index (Phi) is 3.93. The van der Waals surface area contributed by atoms with Crippen LogP contribution in [0.4, 0.5) is 0 Å². The number of carbonyl (C=O) groups is 1. The van der Waals surface area contributed by atoms with E-state index in [0.717, 1.165) is 12.8 Å². The normalized spacial score (nSPS) is 41.2. The number of rotatable bonds is 2. The number of hydrogen-bond donors (Lipinski definition) is 0. The number of fused-ring (bicyclic) bond motifs is 2. The van der Waals surface area contributed by atoms with Crippen LogP contribution in [0.5, 0.6) is 0 Å². The van der Waals surface area contributed by atoms with Crippen LogP contribution in [-0.2, 0) is 9.53 Å². The summed E-state index contributed by atoms with van der Waals surface area (Å²) in [5.41, 5.74) is 1.85. The molecule has 0 aromatic heterocycles. The number of carbonyl (C=O) groups excluding carboxylic acids is 1. The Morgan fingerprint density at radius 2 is 1.96 bits per heavy atom. The fourth-order valence-electron chi connectivity index (χ4n) is 5.18. The van der Waals surface area contributed by atoms with Crippen molar-refractivity contribution in [3.8, 4) is 0 Å². The maximum absolute atomic E-state index is 12.8. The van der Waals surface area contributed by atoms with Crippen molar-refractivity contribution in [2.24, 2.45) is 17.3 Å². The van der Waals surface area contributed by atoms with Gasteiger partial charge in [-0.15, -0.1) is 0 Å². The average Bonchev–Trinajstić information content (AvgIpc) is 2.76. The Hall–Kier alpha value is -1.05. The van der Waals surface area contributed by atoms with Gasteiger partial charge in [0.05, 0.1) is 0 Å². The Bertz CT molecular complexity index is 682. The summed E-state index contributed by atoms with van der Waals surface area (Å²) < 4.78 is 6.94. The van der Waals surface area contributed by atoms with Crippen LogP contribution in [-0.4, -0.2) is 27.0 Å². The van der Waals surface area contributed by atoms with Crippen molar-refractivity contribution in [3.63, 3.8) is 0 Å². The first-order chi connectivity index (χ1) is 11.4. The van der Waals surface area contributed by atoms with Gasteiger partial charge in [-0.25, -0.2) is 0 Å². The molecule has 128 valence electrons. The third kappa shape index (κ3) is 2.48. The molecule has 1 aromatic rings. The molecule has 1 aliphatic heterocycles. The molecule has 5 atom stereocenters. The van der Waals surface area contributed by atoms with Crippen molar-refractivity contribution in [2.75, 3.05) is 0 Å². The molecule has 0 N–H and O–H groups in total. The molecule has 1 aromatic carbocycles. The molecule has 2 aliphatic carbocycles. The summed E-state index contributed by atoms with van der Waals surface area (Å²) in [6.45, 7) is 6.87. The average molecular weight is 389 g/mol. The van der Waals surface area contributed by atoms with Crippen molar-refractivity contribution in [3.05, 3.63) is 42.0 Å². The molecule has 0 unspecified atom stereocenters. The zero-order valence-electron chi connectivity index (χ0n) is 14.7. The minimum atomic E-state index is -0.321. The molecule has 0 spiro atoms. The minimum absolute atomic E-state index is 0.0465. The van der Waals surface area contributed by atoms with Crippen molar-refractivity contribution < 1.29 is 9.53 Å². The molecule has 2 nitrogen and oxygen atoms in total. The summed E-state index contributed by atoms with van der Waals surface area (Å²) >= 11 is 0.116. The number of benzene rings is 1. The first-order valence-corrected chi connectivity index (χ1v) is 10.8. The second-order valence-electron chi connectivity index (χ2n) is 8.21. The summed E-state index contributed by atoms with van der Waals surface area (Å²) in [6, 6.07) is 10.5. The molecule has 3 aliphatic rings. The van der Waals surface area contributed by atoms with E-state index in [9.17, 15) is 4.79 Å². The third-order valence-corrected chi connectivity index (χ3v) is 9.56. The number of esters is 1. The summed E-state index contributed by atoms with van der Waals surface area (Å²) in [5, 5.41) is 0. The Balaban J connectivity index is 1.65. The van der Waals surface area contributed by atoms with E-state index in [4.69, 9.17) is 4.74 Å². The van der Waals surface area contributed by atoms with E-state index in [2.05, 4.69) is 51.1 Å². The molecule has 1 heterocycles. The quantitative estimate of drug-likeness (QED) is 0.436. The predicted octanol–water partition coefficient (Wildman–Crippen LogP) is 3.89. The van der Waals surface area contributed by atoms with Crippen molar-refractivity contribution >= 4 is 25.4 Å². The fourth-order valence-corrected chi connectivity index (χ4v) is 7.93. The number of hydrogen-bond acceptors (Lipinski definition) is 2. The van der Waals surface area contributed by atoms with Gasteiger partial charge in [-0.2, -0.15) is 0 Å². The van der Waals surface area contributed by atoms with Crippen LogP contribution in [0.2, 0.25) is 4.31 Å². The van der Waals surface area contributed by atoms with E-state index in [-0.39, 0.29) is 31.3 Å². The zero-order valence-corrected chi connectivity index (χ0v) is 16.5. The van der Waals surface area contributed by atoms with Crippen LogP contribution in [0.15, 0.2) is 42.0 Å². The second kappa shape index (κ2) is 5.74. The van der Waals surface area contributed by atoms with Gasteiger partial charge in [0, 0.05) is 0 Å². The first kappa shape index (κ1) is 16.4. The van der Waals surface area contributed by atoms with Crippen LogP contribution < -0.4 is 4.46 Å². The summed E-state index contributed by atoms with van der Waals surface area (Å²) in [7, 11) is 0. The fraction of sp³-hybridized carbons (Fsp3) is 0.571. The molecule has 3 heteroatoms. The van der Waals surface area contributed by atoms with E-state index in [1.165, 1.54) is 22.9 Å². The summed E-state index contributed by atoms with van der Waals surface area (Å²) in [5.74, 6) is 1.03. The van der Waals surface area contributed by atoms with Crippen molar-refractivity contribution in [1.82, 2.24) is 0 Å². The Morgan fingerprint density at radius 1 is 1.21 bits per heavy atom. The molecule has 0 bridgehead atoms. The standard InChI is InChI=1S/C21H26O2Se/c1-14-8-7-11-20(2)13-18-17(12-16(14)20)21(3,19(22)23-18)24-15-9-5-4-6-10-15/h4-6,8-10,16-18H,7,11-13H2,1-3H3/t16-,17-,18-,20+,21-/m0/s1. The van der Waals surface area contributed by atoms with Crippen LogP contribution in [0.3, 0.4) is 0 Å². The Morgan fingerprint density at radius 3 is 2.71 bits per heavy atom. The molecule has 0 radical (unpaired) electrons. The number of allylic oxidation sites excluding steroid dienone is 2.